The van der Waals surface area contributed by atoms with E-state index >= 15 is 0 Å². The number of fused-ring (bicyclic) bond motifs is 1. The summed E-state index contributed by atoms with van der Waals surface area (Å²) in [5.74, 6) is -0.386. The Morgan fingerprint density at radius 3 is 2.40 bits per heavy atom. The lowest BCUT2D eigenvalue weighted by Crippen LogP contribution is -2.25. The molecule has 3 aromatic rings. The first-order valence-corrected chi connectivity index (χ1v) is 10.5. The average molecular weight is 431 g/mol. The Kier molecular flexibility index (Phi) is 6.06. The van der Waals surface area contributed by atoms with Crippen LogP contribution in [0.25, 0.3) is 11.0 Å². The number of hydroxylamine groups is 1. The number of benzene rings is 2. The van der Waals surface area contributed by atoms with Crippen LogP contribution in [0.3, 0.4) is 0 Å². The van der Waals surface area contributed by atoms with E-state index in [2.05, 4.69) is 0 Å². The van der Waals surface area contributed by atoms with Crippen LogP contribution in [0.1, 0.15) is 28.4 Å². The highest BCUT2D eigenvalue weighted by Gasteiger charge is 2.21. The fraction of sp³-hybridized carbons (Fsp3) is 0.238. The van der Waals surface area contributed by atoms with Crippen molar-refractivity contribution in [1.29, 1.82) is 0 Å². The van der Waals surface area contributed by atoms with Gasteiger partial charge < -0.3 is 9.15 Å². The van der Waals surface area contributed by atoms with Crippen LogP contribution in [-0.2, 0) is 21.3 Å². The van der Waals surface area contributed by atoms with E-state index in [9.17, 15) is 18.0 Å². The van der Waals surface area contributed by atoms with Crippen molar-refractivity contribution in [3.05, 3.63) is 69.6 Å². The molecule has 0 spiro atoms. The van der Waals surface area contributed by atoms with E-state index in [4.69, 9.17) is 14.0 Å². The molecular weight excluding hydrogens is 410 g/mol. The molecule has 8 nitrogen and oxygen atoms in total. The minimum Gasteiger partial charge on any atom is -0.423 e. The first kappa shape index (κ1) is 21.7. The SMILES string of the molecule is CCc1cc2c(C)cc(=O)oc2cc1OC(=O)c1ccc(S(=O)(=O)N(C)OC)cc1. The van der Waals surface area contributed by atoms with Gasteiger partial charge in [-0.15, -0.1) is 0 Å². The maximum Gasteiger partial charge on any atom is 0.343 e. The number of nitrogens with zero attached hydrogens (tertiary/aromatic N) is 1. The number of sulfonamides is 1. The van der Waals surface area contributed by atoms with Crippen LogP contribution in [0.5, 0.6) is 5.75 Å². The van der Waals surface area contributed by atoms with Gasteiger partial charge in [0.15, 0.2) is 0 Å². The van der Waals surface area contributed by atoms with Crippen LogP contribution in [0.2, 0.25) is 0 Å². The molecule has 0 unspecified atom stereocenters. The molecular formula is C21H21NO7S. The molecule has 0 saturated heterocycles. The van der Waals surface area contributed by atoms with Crippen molar-refractivity contribution in [1.82, 2.24) is 4.47 Å². The number of hydrogen-bond acceptors (Lipinski definition) is 7. The smallest absolute Gasteiger partial charge is 0.343 e. The zero-order chi connectivity index (χ0) is 22.1. The van der Waals surface area contributed by atoms with Crippen molar-refractivity contribution in [2.75, 3.05) is 14.2 Å². The predicted molar refractivity (Wildman–Crippen MR) is 110 cm³/mol. The zero-order valence-corrected chi connectivity index (χ0v) is 17.8. The third-order valence-electron chi connectivity index (χ3n) is 4.70. The van der Waals surface area contributed by atoms with Gasteiger partial charge >= 0.3 is 11.6 Å². The van der Waals surface area contributed by atoms with Crippen LogP contribution < -0.4 is 10.4 Å². The number of carbonyl (C=O) groups excluding carboxylic acids is 1. The second-order valence-electron chi connectivity index (χ2n) is 6.57. The van der Waals surface area contributed by atoms with Gasteiger partial charge in [0, 0.05) is 24.6 Å². The molecule has 0 atom stereocenters. The quantitative estimate of drug-likeness (QED) is 0.256. The number of rotatable bonds is 6. The van der Waals surface area contributed by atoms with Gasteiger partial charge in [-0.25, -0.2) is 18.0 Å². The summed E-state index contributed by atoms with van der Waals surface area (Å²) in [6.07, 6.45) is 0.595. The third kappa shape index (κ3) is 4.13. The molecule has 1 aromatic heterocycles. The summed E-state index contributed by atoms with van der Waals surface area (Å²) < 4.78 is 36.0. The summed E-state index contributed by atoms with van der Waals surface area (Å²) >= 11 is 0. The minimum absolute atomic E-state index is 0.0272. The molecule has 0 aliphatic carbocycles. The maximum absolute atomic E-state index is 12.6. The first-order valence-electron chi connectivity index (χ1n) is 9.10. The van der Waals surface area contributed by atoms with Crippen molar-refractivity contribution < 1.29 is 27.2 Å². The topological polar surface area (TPSA) is 103 Å². The summed E-state index contributed by atoms with van der Waals surface area (Å²) in [7, 11) is -1.31. The van der Waals surface area contributed by atoms with Gasteiger partial charge in [0.25, 0.3) is 10.0 Å². The van der Waals surface area contributed by atoms with Crippen LogP contribution >= 0.6 is 0 Å². The molecule has 0 aliphatic heterocycles. The van der Waals surface area contributed by atoms with E-state index in [1.54, 1.807) is 6.92 Å². The van der Waals surface area contributed by atoms with E-state index in [1.165, 1.54) is 50.6 Å². The van der Waals surface area contributed by atoms with Crippen LogP contribution in [0.15, 0.2) is 56.6 Å². The zero-order valence-electron chi connectivity index (χ0n) is 17.0. The predicted octanol–water partition coefficient (Wildman–Crippen LogP) is 3.06. The Balaban J connectivity index is 1.92. The van der Waals surface area contributed by atoms with Gasteiger partial charge in [-0.3, -0.25) is 4.84 Å². The van der Waals surface area contributed by atoms with Crippen molar-refractivity contribution in [3.8, 4) is 5.75 Å². The standard InChI is InChI=1S/C21H21NO7S/c1-5-14-11-17-13(2)10-20(23)28-19(17)12-18(14)29-21(24)15-6-8-16(9-7-15)30(25,26)22(3)27-4/h6-12H,5H2,1-4H3. The normalized spacial score (nSPS) is 11.8. The van der Waals surface area contributed by atoms with Crippen LogP contribution in [0, 0.1) is 6.92 Å². The summed E-state index contributed by atoms with van der Waals surface area (Å²) in [4.78, 5) is 29.0. The molecule has 0 amide bonds. The molecule has 0 radical (unpaired) electrons. The van der Waals surface area contributed by atoms with Gasteiger partial charge in [-0.2, -0.15) is 0 Å². The lowest BCUT2D eigenvalue weighted by atomic mass is 10.1. The second kappa shape index (κ2) is 8.39. The van der Waals surface area contributed by atoms with E-state index in [1.807, 2.05) is 13.0 Å². The number of esters is 1. The fourth-order valence-electron chi connectivity index (χ4n) is 2.93. The Labute approximate surface area is 173 Å². The summed E-state index contributed by atoms with van der Waals surface area (Å²) in [6.45, 7) is 3.72. The molecule has 158 valence electrons. The number of ether oxygens (including phenoxy) is 1. The third-order valence-corrected chi connectivity index (χ3v) is 6.39. The van der Waals surface area contributed by atoms with Gasteiger partial charge in [0.1, 0.15) is 11.3 Å². The van der Waals surface area contributed by atoms with Crippen molar-refractivity contribution in [2.24, 2.45) is 0 Å². The van der Waals surface area contributed by atoms with E-state index in [-0.39, 0.29) is 16.2 Å². The molecule has 3 rings (SSSR count). The molecule has 0 saturated carbocycles. The lowest BCUT2D eigenvalue weighted by Gasteiger charge is -2.14. The Morgan fingerprint density at radius 2 is 1.80 bits per heavy atom. The van der Waals surface area contributed by atoms with E-state index in [0.717, 1.165) is 21.0 Å². The molecule has 2 aromatic carbocycles. The largest absolute Gasteiger partial charge is 0.423 e. The number of aryl methyl sites for hydroxylation is 2. The first-order chi connectivity index (χ1) is 14.2. The van der Waals surface area contributed by atoms with Crippen molar-refractivity contribution >= 4 is 27.0 Å². The lowest BCUT2D eigenvalue weighted by molar-refractivity contribution is -0.0258. The molecule has 0 bridgehead atoms. The van der Waals surface area contributed by atoms with Crippen molar-refractivity contribution in [3.63, 3.8) is 0 Å². The Hall–Kier alpha value is -3.01. The summed E-state index contributed by atoms with van der Waals surface area (Å²) in [5.41, 5.74) is 1.55. The summed E-state index contributed by atoms with van der Waals surface area (Å²) in [5, 5.41) is 0.767. The Morgan fingerprint density at radius 1 is 1.13 bits per heavy atom. The fourth-order valence-corrected chi connectivity index (χ4v) is 3.90. The highest BCUT2D eigenvalue weighted by molar-refractivity contribution is 7.89. The highest BCUT2D eigenvalue weighted by atomic mass is 32.2. The molecule has 9 heteroatoms. The maximum atomic E-state index is 12.6. The van der Waals surface area contributed by atoms with Crippen LogP contribution in [-0.4, -0.2) is 33.0 Å². The average Bonchev–Trinajstić information content (AvgIpc) is 2.72. The van der Waals surface area contributed by atoms with Gasteiger partial charge in [-0.05, 0) is 54.8 Å². The highest BCUT2D eigenvalue weighted by Crippen LogP contribution is 2.28. The van der Waals surface area contributed by atoms with Crippen molar-refractivity contribution in [2.45, 2.75) is 25.2 Å². The molecule has 1 heterocycles. The van der Waals surface area contributed by atoms with Gasteiger partial charge in [0.2, 0.25) is 0 Å². The second-order valence-corrected chi connectivity index (χ2v) is 8.51. The number of hydrogen-bond donors (Lipinski definition) is 0. The minimum atomic E-state index is -3.82. The molecule has 0 N–H and O–H groups in total. The monoisotopic (exact) mass is 431 g/mol. The van der Waals surface area contributed by atoms with E-state index in [0.29, 0.717) is 12.0 Å². The van der Waals surface area contributed by atoms with E-state index < -0.39 is 21.6 Å². The molecule has 0 aliphatic rings. The summed E-state index contributed by atoms with van der Waals surface area (Å²) in [6, 6.07) is 10.1. The van der Waals surface area contributed by atoms with Gasteiger partial charge in [-0.1, -0.05) is 11.4 Å². The number of carbonyl (C=O) groups is 1. The molecule has 30 heavy (non-hydrogen) atoms. The Bertz CT molecular complexity index is 1260. The molecule has 0 fully saturated rings. The van der Waals surface area contributed by atoms with Crippen LogP contribution in [0.4, 0.5) is 0 Å². The van der Waals surface area contributed by atoms with Gasteiger partial charge in [0.05, 0.1) is 17.6 Å².